The van der Waals surface area contributed by atoms with E-state index in [0.717, 1.165) is 51.2 Å². The van der Waals surface area contributed by atoms with Crippen LogP contribution in [0.5, 0.6) is 5.75 Å². The molecule has 0 aliphatic carbocycles. The van der Waals surface area contributed by atoms with Crippen LogP contribution in [0.1, 0.15) is 56.9 Å². The van der Waals surface area contributed by atoms with Crippen LogP contribution < -0.4 is 9.64 Å². The molecule has 2 saturated heterocycles. The molecule has 1 amide bonds. The number of hydrogen-bond donors (Lipinski definition) is 1. The van der Waals surface area contributed by atoms with E-state index in [9.17, 15) is 15.2 Å². The quantitative estimate of drug-likeness (QED) is 0.391. The Balaban J connectivity index is 1.36. The summed E-state index contributed by atoms with van der Waals surface area (Å²) >= 11 is 1.49. The van der Waals surface area contributed by atoms with Crippen molar-refractivity contribution < 1.29 is 28.8 Å². The van der Waals surface area contributed by atoms with E-state index in [1.807, 2.05) is 39.0 Å². The average molecular weight is 607 g/mol. The van der Waals surface area contributed by atoms with Gasteiger partial charge in [0.05, 0.1) is 53.3 Å². The standard InChI is InChI=1S/C32H38N4O6S/c1-32(2,3)42-31(38)36-17-21(14-22(36)19-41-28-6-4-5-10-40-28)35-9-11-39-27-13-20(16-33)12-25(29(27)35)24-7-8-34-26-15-23(18-37)43-30(24)26/h7-8,12-13,15,21-22,28,37H,4-6,9-11,14,17-19H2,1-3H3/t21-,22-,28-/m0/s1. The van der Waals surface area contributed by atoms with Crippen molar-refractivity contribution in [1.29, 1.82) is 5.26 Å². The Bertz CT molecular complexity index is 1520. The molecule has 6 rings (SSSR count). The van der Waals surface area contributed by atoms with Gasteiger partial charge in [-0.3, -0.25) is 4.98 Å². The molecule has 0 bridgehead atoms. The van der Waals surface area contributed by atoms with Crippen molar-refractivity contribution in [3.63, 3.8) is 0 Å². The third-order valence-corrected chi connectivity index (χ3v) is 9.21. The summed E-state index contributed by atoms with van der Waals surface area (Å²) in [5, 5.41) is 19.7. The zero-order valence-electron chi connectivity index (χ0n) is 24.9. The van der Waals surface area contributed by atoms with E-state index in [-0.39, 0.29) is 31.1 Å². The first kappa shape index (κ1) is 29.6. The van der Waals surface area contributed by atoms with E-state index >= 15 is 0 Å². The van der Waals surface area contributed by atoms with Gasteiger partial charge in [-0.2, -0.15) is 5.26 Å². The zero-order chi connectivity index (χ0) is 30.1. The topological polar surface area (TPSA) is 117 Å². The lowest BCUT2D eigenvalue weighted by Crippen LogP contribution is -2.45. The number of aliphatic hydroxyl groups is 1. The van der Waals surface area contributed by atoms with Gasteiger partial charge >= 0.3 is 6.09 Å². The molecule has 43 heavy (non-hydrogen) atoms. The van der Waals surface area contributed by atoms with Gasteiger partial charge in [0.15, 0.2) is 6.29 Å². The molecule has 5 heterocycles. The summed E-state index contributed by atoms with van der Waals surface area (Å²) in [7, 11) is 0. The Kier molecular flexibility index (Phi) is 8.47. The second-order valence-corrected chi connectivity index (χ2v) is 13.4. The van der Waals surface area contributed by atoms with Gasteiger partial charge in [0.1, 0.15) is 18.0 Å². The highest BCUT2D eigenvalue weighted by molar-refractivity contribution is 7.19. The van der Waals surface area contributed by atoms with Crippen LogP contribution in [0.15, 0.2) is 30.5 Å². The molecule has 0 spiro atoms. The van der Waals surface area contributed by atoms with Crippen LogP contribution in [0.4, 0.5) is 10.5 Å². The number of nitriles is 1. The fourth-order valence-electron chi connectivity index (χ4n) is 6.17. The molecule has 3 atom stereocenters. The molecule has 3 aliphatic heterocycles. The Labute approximate surface area is 255 Å². The summed E-state index contributed by atoms with van der Waals surface area (Å²) in [5.41, 5.74) is 3.36. The van der Waals surface area contributed by atoms with Crippen molar-refractivity contribution in [1.82, 2.24) is 9.88 Å². The van der Waals surface area contributed by atoms with Gasteiger partial charge in [-0.1, -0.05) is 0 Å². The van der Waals surface area contributed by atoms with Gasteiger partial charge in [0.25, 0.3) is 0 Å². The predicted octanol–water partition coefficient (Wildman–Crippen LogP) is 5.45. The highest BCUT2D eigenvalue weighted by Gasteiger charge is 2.42. The van der Waals surface area contributed by atoms with Gasteiger partial charge in [-0.05, 0) is 64.7 Å². The minimum absolute atomic E-state index is 0.0311. The Hall–Kier alpha value is -3.43. The third-order valence-electron chi connectivity index (χ3n) is 8.06. The van der Waals surface area contributed by atoms with Gasteiger partial charge in [-0.15, -0.1) is 11.3 Å². The lowest BCUT2D eigenvalue weighted by Gasteiger charge is -2.37. The first-order valence-corrected chi connectivity index (χ1v) is 15.7. The van der Waals surface area contributed by atoms with Crippen LogP contribution in [0.3, 0.4) is 0 Å². The van der Waals surface area contributed by atoms with Crippen molar-refractivity contribution in [3.8, 4) is 22.9 Å². The van der Waals surface area contributed by atoms with Crippen LogP contribution >= 0.6 is 11.3 Å². The summed E-state index contributed by atoms with van der Waals surface area (Å²) in [6.45, 7) is 8.16. The molecule has 1 aromatic carbocycles. The maximum absolute atomic E-state index is 13.5. The van der Waals surface area contributed by atoms with Gasteiger partial charge in [0.2, 0.25) is 0 Å². The Morgan fingerprint density at radius 1 is 1.23 bits per heavy atom. The summed E-state index contributed by atoms with van der Waals surface area (Å²) in [6, 6.07) is 9.61. The summed E-state index contributed by atoms with van der Waals surface area (Å²) in [6.07, 6.45) is 4.79. The number of pyridine rings is 1. The number of likely N-dealkylation sites (tertiary alicyclic amines) is 1. The molecule has 3 aromatic rings. The number of ether oxygens (including phenoxy) is 4. The van der Waals surface area contributed by atoms with Crippen molar-refractivity contribution >= 4 is 33.3 Å². The molecule has 2 aromatic heterocycles. The second-order valence-electron chi connectivity index (χ2n) is 12.3. The molecule has 228 valence electrons. The highest BCUT2D eigenvalue weighted by Crippen LogP contribution is 2.47. The number of benzene rings is 1. The van der Waals surface area contributed by atoms with Crippen LogP contribution in [0.25, 0.3) is 21.3 Å². The maximum Gasteiger partial charge on any atom is 0.410 e. The number of rotatable bonds is 6. The molecule has 1 N–H and O–H groups in total. The highest BCUT2D eigenvalue weighted by atomic mass is 32.1. The lowest BCUT2D eigenvalue weighted by atomic mass is 9.97. The molecule has 0 saturated carbocycles. The molecular formula is C32H38N4O6S. The average Bonchev–Trinajstić information content (AvgIpc) is 3.63. The molecular weight excluding hydrogens is 568 g/mol. The zero-order valence-corrected chi connectivity index (χ0v) is 25.7. The van der Waals surface area contributed by atoms with Gasteiger partial charge < -0.3 is 33.9 Å². The van der Waals surface area contributed by atoms with E-state index in [0.29, 0.717) is 50.6 Å². The molecule has 2 fully saturated rings. The molecule has 0 radical (unpaired) electrons. The number of hydrogen-bond acceptors (Lipinski definition) is 10. The van der Waals surface area contributed by atoms with Gasteiger partial charge in [0, 0.05) is 47.5 Å². The Morgan fingerprint density at radius 3 is 2.84 bits per heavy atom. The maximum atomic E-state index is 13.5. The lowest BCUT2D eigenvalue weighted by molar-refractivity contribution is -0.168. The number of carbonyl (C=O) groups is 1. The molecule has 10 nitrogen and oxygen atoms in total. The number of aromatic nitrogens is 1. The van der Waals surface area contributed by atoms with Crippen LogP contribution in [-0.2, 0) is 20.8 Å². The first-order chi connectivity index (χ1) is 20.7. The first-order valence-electron chi connectivity index (χ1n) is 14.9. The summed E-state index contributed by atoms with van der Waals surface area (Å²) in [5.74, 6) is 0.642. The van der Waals surface area contributed by atoms with Crippen LogP contribution in [0.2, 0.25) is 0 Å². The predicted molar refractivity (Wildman–Crippen MR) is 163 cm³/mol. The minimum atomic E-state index is -0.625. The normalized spacial score (nSPS) is 22.3. The smallest absolute Gasteiger partial charge is 0.410 e. The number of anilines is 1. The monoisotopic (exact) mass is 606 g/mol. The summed E-state index contributed by atoms with van der Waals surface area (Å²) in [4.78, 5) is 22.9. The second kappa shape index (κ2) is 12.3. The molecule has 0 unspecified atom stereocenters. The number of nitrogens with zero attached hydrogens (tertiary/aromatic N) is 4. The van der Waals surface area contributed by atoms with Gasteiger partial charge in [-0.25, -0.2) is 4.79 Å². The number of thiophene rings is 1. The van der Waals surface area contributed by atoms with Crippen molar-refractivity contribution in [2.24, 2.45) is 0 Å². The fraction of sp³-hybridized carbons (Fsp3) is 0.531. The van der Waals surface area contributed by atoms with Crippen molar-refractivity contribution in [2.45, 2.75) is 77.0 Å². The van der Waals surface area contributed by atoms with Crippen molar-refractivity contribution in [3.05, 3.63) is 40.9 Å². The summed E-state index contributed by atoms with van der Waals surface area (Å²) < 4.78 is 24.9. The van der Waals surface area contributed by atoms with E-state index < -0.39 is 5.60 Å². The molecule has 11 heteroatoms. The number of amides is 1. The Morgan fingerprint density at radius 2 is 2.09 bits per heavy atom. The third kappa shape index (κ3) is 6.29. The van der Waals surface area contributed by atoms with Crippen LogP contribution in [0, 0.1) is 11.3 Å². The minimum Gasteiger partial charge on any atom is -0.489 e. The van der Waals surface area contributed by atoms with Crippen molar-refractivity contribution in [2.75, 3.05) is 37.8 Å². The fourth-order valence-corrected chi connectivity index (χ4v) is 7.17. The van der Waals surface area contributed by atoms with E-state index in [1.54, 1.807) is 17.2 Å². The molecule has 3 aliphatic rings. The van der Waals surface area contributed by atoms with E-state index in [2.05, 4.69) is 16.0 Å². The van der Waals surface area contributed by atoms with E-state index in [1.165, 1.54) is 11.3 Å². The number of fused-ring (bicyclic) bond motifs is 2. The number of carbonyl (C=O) groups excluding carboxylic acids is 1. The van der Waals surface area contributed by atoms with E-state index in [4.69, 9.17) is 18.9 Å². The number of aliphatic hydroxyl groups excluding tert-OH is 1. The SMILES string of the molecule is CC(C)(C)OC(=O)N1C[C@@H](N2CCOc3cc(C#N)cc(-c4ccnc5cc(CO)sc45)c32)C[C@H]1CO[C@H]1CCCCO1. The van der Waals surface area contributed by atoms with Crippen LogP contribution in [-0.4, -0.2) is 78.0 Å². The largest absolute Gasteiger partial charge is 0.489 e.